The van der Waals surface area contributed by atoms with E-state index in [4.69, 9.17) is 11.5 Å². The van der Waals surface area contributed by atoms with Gasteiger partial charge in [-0.25, -0.2) is 0 Å². The van der Waals surface area contributed by atoms with Crippen molar-refractivity contribution in [2.75, 3.05) is 16.8 Å². The monoisotopic (exact) mass is 278 g/mol. The van der Waals surface area contributed by atoms with Crippen molar-refractivity contribution in [3.05, 3.63) is 60.3 Å². The lowest BCUT2D eigenvalue weighted by Crippen LogP contribution is -2.14. The molecule has 0 saturated heterocycles. The standard InChI is InChI=1S/C16H14N4O/c17-11-5-6-13(14(18)8-11)16(21)20-12-7-10-3-1-2-4-15(10)19-9-12/h1-9H,17-18H2,(H,20,21). The van der Waals surface area contributed by atoms with Crippen molar-refractivity contribution in [1.29, 1.82) is 0 Å². The van der Waals surface area contributed by atoms with Gasteiger partial charge >= 0.3 is 0 Å². The fourth-order valence-corrected chi connectivity index (χ4v) is 2.13. The predicted molar refractivity (Wildman–Crippen MR) is 85.0 cm³/mol. The van der Waals surface area contributed by atoms with Crippen LogP contribution in [0.2, 0.25) is 0 Å². The Balaban J connectivity index is 1.89. The van der Waals surface area contributed by atoms with Gasteiger partial charge in [0.1, 0.15) is 0 Å². The van der Waals surface area contributed by atoms with E-state index in [9.17, 15) is 4.79 Å². The molecular formula is C16H14N4O. The molecule has 0 bridgehead atoms. The molecule has 0 spiro atoms. The number of carbonyl (C=O) groups excluding carboxylic acids is 1. The summed E-state index contributed by atoms with van der Waals surface area (Å²) < 4.78 is 0. The third kappa shape index (κ3) is 2.62. The number of nitrogens with one attached hydrogen (secondary N) is 1. The zero-order valence-electron chi connectivity index (χ0n) is 11.2. The van der Waals surface area contributed by atoms with Crippen LogP contribution in [-0.4, -0.2) is 10.9 Å². The summed E-state index contributed by atoms with van der Waals surface area (Å²) in [5, 5.41) is 3.75. The topological polar surface area (TPSA) is 94.0 Å². The second kappa shape index (κ2) is 5.13. The lowest BCUT2D eigenvalue weighted by atomic mass is 10.1. The number of hydrogen-bond acceptors (Lipinski definition) is 4. The molecule has 2 aromatic carbocycles. The minimum atomic E-state index is -0.287. The molecule has 21 heavy (non-hydrogen) atoms. The number of aromatic nitrogens is 1. The molecule has 3 rings (SSSR count). The highest BCUT2D eigenvalue weighted by molar-refractivity contribution is 6.08. The summed E-state index contributed by atoms with van der Waals surface area (Å²) in [5.74, 6) is -0.287. The average Bonchev–Trinajstić information content (AvgIpc) is 2.47. The van der Waals surface area contributed by atoms with Gasteiger partial charge in [-0.1, -0.05) is 18.2 Å². The van der Waals surface area contributed by atoms with Gasteiger partial charge in [0.15, 0.2) is 0 Å². The van der Waals surface area contributed by atoms with Gasteiger partial charge in [0.25, 0.3) is 5.91 Å². The molecule has 5 heteroatoms. The Morgan fingerprint density at radius 3 is 2.67 bits per heavy atom. The number of pyridine rings is 1. The zero-order valence-corrected chi connectivity index (χ0v) is 11.2. The maximum atomic E-state index is 12.2. The van der Waals surface area contributed by atoms with Crippen molar-refractivity contribution in [2.45, 2.75) is 0 Å². The van der Waals surface area contributed by atoms with Crippen molar-refractivity contribution in [2.24, 2.45) is 0 Å². The van der Waals surface area contributed by atoms with Gasteiger partial charge in [-0.15, -0.1) is 0 Å². The quantitative estimate of drug-likeness (QED) is 0.628. The lowest BCUT2D eigenvalue weighted by molar-refractivity contribution is 0.102. The number of benzene rings is 2. The van der Waals surface area contributed by atoms with Crippen molar-refractivity contribution in [3.8, 4) is 0 Å². The van der Waals surface area contributed by atoms with Crippen LogP contribution in [0.25, 0.3) is 10.9 Å². The van der Waals surface area contributed by atoms with E-state index in [1.54, 1.807) is 24.4 Å². The molecule has 5 N–H and O–H groups in total. The van der Waals surface area contributed by atoms with Crippen LogP contribution in [0.5, 0.6) is 0 Å². The molecule has 0 saturated carbocycles. The molecular weight excluding hydrogens is 264 g/mol. The van der Waals surface area contributed by atoms with Crippen LogP contribution in [0, 0.1) is 0 Å². The summed E-state index contributed by atoms with van der Waals surface area (Å²) >= 11 is 0. The number of nitrogen functional groups attached to an aromatic ring is 2. The third-order valence-electron chi connectivity index (χ3n) is 3.17. The summed E-state index contributed by atoms with van der Waals surface area (Å²) in [6.07, 6.45) is 1.62. The zero-order chi connectivity index (χ0) is 14.8. The molecule has 0 fully saturated rings. The highest BCUT2D eigenvalue weighted by Gasteiger charge is 2.10. The Hall–Kier alpha value is -3.08. The number of para-hydroxylation sites is 1. The van der Waals surface area contributed by atoms with E-state index in [-0.39, 0.29) is 5.91 Å². The highest BCUT2D eigenvalue weighted by atomic mass is 16.1. The first kappa shape index (κ1) is 12.9. The van der Waals surface area contributed by atoms with Gasteiger partial charge < -0.3 is 16.8 Å². The lowest BCUT2D eigenvalue weighted by Gasteiger charge is -2.08. The first-order chi connectivity index (χ1) is 10.1. The SMILES string of the molecule is Nc1ccc(C(=O)Nc2cnc3ccccc3c2)c(N)c1. The number of carbonyl (C=O) groups is 1. The van der Waals surface area contributed by atoms with E-state index < -0.39 is 0 Å². The second-order valence-electron chi connectivity index (χ2n) is 4.72. The van der Waals surface area contributed by atoms with Crippen molar-refractivity contribution in [1.82, 2.24) is 4.98 Å². The molecule has 0 unspecified atom stereocenters. The minimum Gasteiger partial charge on any atom is -0.399 e. The summed E-state index contributed by atoms with van der Waals surface area (Å²) in [4.78, 5) is 16.5. The fourth-order valence-electron chi connectivity index (χ4n) is 2.13. The Morgan fingerprint density at radius 1 is 1.05 bits per heavy atom. The Morgan fingerprint density at radius 2 is 1.86 bits per heavy atom. The minimum absolute atomic E-state index is 0.287. The maximum Gasteiger partial charge on any atom is 0.257 e. The normalized spacial score (nSPS) is 10.5. The number of amides is 1. The van der Waals surface area contributed by atoms with Crippen LogP contribution in [-0.2, 0) is 0 Å². The summed E-state index contributed by atoms with van der Waals surface area (Å²) in [5.41, 5.74) is 14.2. The van der Waals surface area contributed by atoms with Gasteiger partial charge in [0, 0.05) is 16.8 Å². The molecule has 0 aliphatic carbocycles. The molecule has 1 aromatic heterocycles. The third-order valence-corrected chi connectivity index (χ3v) is 3.17. The fraction of sp³-hybridized carbons (Fsp3) is 0. The van der Waals surface area contributed by atoms with E-state index in [2.05, 4.69) is 10.3 Å². The molecule has 0 atom stereocenters. The van der Waals surface area contributed by atoms with Crippen LogP contribution < -0.4 is 16.8 Å². The molecule has 104 valence electrons. The molecule has 3 aromatic rings. The van der Waals surface area contributed by atoms with Gasteiger partial charge in [-0.05, 0) is 30.3 Å². The van der Waals surface area contributed by atoms with Crippen molar-refractivity contribution in [3.63, 3.8) is 0 Å². The van der Waals surface area contributed by atoms with E-state index in [0.29, 0.717) is 22.6 Å². The summed E-state index contributed by atoms with van der Waals surface area (Å²) in [6, 6.07) is 14.4. The van der Waals surface area contributed by atoms with Crippen LogP contribution >= 0.6 is 0 Å². The van der Waals surface area contributed by atoms with Crippen LogP contribution in [0.4, 0.5) is 17.1 Å². The number of rotatable bonds is 2. The van der Waals surface area contributed by atoms with Gasteiger partial charge in [-0.3, -0.25) is 9.78 Å². The Labute approximate surface area is 121 Å². The summed E-state index contributed by atoms with van der Waals surface area (Å²) in [6.45, 7) is 0. The van der Waals surface area contributed by atoms with Gasteiger partial charge in [0.2, 0.25) is 0 Å². The van der Waals surface area contributed by atoms with E-state index in [1.807, 2.05) is 30.3 Å². The predicted octanol–water partition coefficient (Wildman–Crippen LogP) is 2.65. The number of anilines is 3. The van der Waals surface area contributed by atoms with Crippen molar-refractivity contribution >= 4 is 33.9 Å². The van der Waals surface area contributed by atoms with Crippen LogP contribution in [0.3, 0.4) is 0 Å². The summed E-state index contributed by atoms with van der Waals surface area (Å²) in [7, 11) is 0. The van der Waals surface area contributed by atoms with E-state index >= 15 is 0 Å². The van der Waals surface area contributed by atoms with Gasteiger partial charge in [0.05, 0.1) is 23.0 Å². The largest absolute Gasteiger partial charge is 0.399 e. The van der Waals surface area contributed by atoms with E-state index in [0.717, 1.165) is 10.9 Å². The van der Waals surface area contributed by atoms with Gasteiger partial charge in [-0.2, -0.15) is 0 Å². The van der Waals surface area contributed by atoms with Crippen LogP contribution in [0.1, 0.15) is 10.4 Å². The second-order valence-corrected chi connectivity index (χ2v) is 4.72. The first-order valence-corrected chi connectivity index (χ1v) is 6.44. The number of nitrogens with zero attached hydrogens (tertiary/aromatic N) is 1. The molecule has 0 aliphatic rings. The molecule has 0 radical (unpaired) electrons. The number of hydrogen-bond donors (Lipinski definition) is 3. The Bertz CT molecular complexity index is 829. The average molecular weight is 278 g/mol. The smallest absolute Gasteiger partial charge is 0.257 e. The van der Waals surface area contributed by atoms with Crippen molar-refractivity contribution < 1.29 is 4.79 Å². The molecule has 1 heterocycles. The highest BCUT2D eigenvalue weighted by Crippen LogP contribution is 2.19. The van der Waals surface area contributed by atoms with Crippen LogP contribution in [0.15, 0.2) is 54.7 Å². The Kier molecular flexibility index (Phi) is 3.16. The first-order valence-electron chi connectivity index (χ1n) is 6.44. The number of fused-ring (bicyclic) bond motifs is 1. The molecule has 1 amide bonds. The van der Waals surface area contributed by atoms with E-state index in [1.165, 1.54) is 0 Å². The maximum absolute atomic E-state index is 12.2. The number of nitrogens with two attached hydrogens (primary N) is 2. The molecule has 5 nitrogen and oxygen atoms in total. The molecule has 0 aliphatic heterocycles.